The number of rotatable bonds is 3. The fraction of sp³-hybridized carbons (Fsp3) is 0.333. The number of hydrogen-bond donors (Lipinski definition) is 1. The molecule has 0 aliphatic carbocycles. The molecule has 0 saturated carbocycles. The minimum Gasteiger partial charge on any atom is -0.312 e. The van der Waals surface area contributed by atoms with E-state index in [1.54, 1.807) is 29.2 Å². The van der Waals surface area contributed by atoms with Crippen molar-refractivity contribution in [3.05, 3.63) is 29.3 Å². The second kappa shape index (κ2) is 5.37. The fourth-order valence-electron chi connectivity index (χ4n) is 1.94. The number of halogens is 1. The van der Waals surface area contributed by atoms with Crippen molar-refractivity contribution in [1.82, 2.24) is 5.48 Å². The van der Waals surface area contributed by atoms with Crippen LogP contribution in [-0.4, -0.2) is 25.5 Å². The molecule has 1 heterocycles. The van der Waals surface area contributed by atoms with Gasteiger partial charge in [0.05, 0.1) is 13.0 Å². The van der Waals surface area contributed by atoms with Crippen molar-refractivity contribution in [1.29, 1.82) is 0 Å². The number of carbonyl (C=O) groups excluding carboxylic acids is 2. The van der Waals surface area contributed by atoms with Crippen molar-refractivity contribution in [2.45, 2.75) is 6.42 Å². The third kappa shape index (κ3) is 2.63. The van der Waals surface area contributed by atoms with Gasteiger partial charge in [-0.25, -0.2) is 5.48 Å². The van der Waals surface area contributed by atoms with Crippen molar-refractivity contribution >= 4 is 29.1 Å². The highest BCUT2D eigenvalue weighted by atomic mass is 35.5. The number of nitrogens with zero attached hydrogens (tertiary/aromatic N) is 1. The second-order valence-corrected chi connectivity index (χ2v) is 4.49. The summed E-state index contributed by atoms with van der Waals surface area (Å²) in [6, 6.07) is 6.95. The summed E-state index contributed by atoms with van der Waals surface area (Å²) in [5.41, 5.74) is 3.00. The molecule has 5 nitrogen and oxygen atoms in total. The van der Waals surface area contributed by atoms with Gasteiger partial charge in [-0.2, -0.15) is 0 Å². The average Bonchev–Trinajstić information content (AvgIpc) is 2.73. The predicted octanol–water partition coefficient (Wildman–Crippen LogP) is 1.37. The van der Waals surface area contributed by atoms with E-state index in [2.05, 4.69) is 10.3 Å². The molecule has 1 aromatic carbocycles. The Morgan fingerprint density at radius 1 is 1.44 bits per heavy atom. The summed E-state index contributed by atoms with van der Waals surface area (Å²) in [4.78, 5) is 29.6. The molecule has 1 N–H and O–H groups in total. The van der Waals surface area contributed by atoms with Crippen LogP contribution in [0.25, 0.3) is 0 Å². The molecule has 2 amide bonds. The zero-order valence-electron chi connectivity index (χ0n) is 9.85. The van der Waals surface area contributed by atoms with Crippen LogP contribution in [0.15, 0.2) is 24.3 Å². The molecule has 0 bridgehead atoms. The van der Waals surface area contributed by atoms with Crippen molar-refractivity contribution < 1.29 is 14.4 Å². The van der Waals surface area contributed by atoms with Crippen LogP contribution in [0.4, 0.5) is 5.69 Å². The molecule has 1 aliphatic heterocycles. The Morgan fingerprint density at radius 2 is 2.11 bits per heavy atom. The number of carbonyl (C=O) groups is 2. The van der Waals surface area contributed by atoms with Crippen molar-refractivity contribution in [2.75, 3.05) is 18.6 Å². The molecule has 2 rings (SSSR count). The van der Waals surface area contributed by atoms with E-state index in [4.69, 9.17) is 11.6 Å². The van der Waals surface area contributed by atoms with Crippen molar-refractivity contribution in [3.63, 3.8) is 0 Å². The van der Waals surface area contributed by atoms with E-state index in [0.717, 1.165) is 5.69 Å². The molecule has 1 atom stereocenters. The molecule has 6 heteroatoms. The third-order valence-electron chi connectivity index (χ3n) is 2.84. The molecular weight excluding hydrogens is 256 g/mol. The molecule has 1 aromatic rings. The first-order chi connectivity index (χ1) is 8.61. The SMILES string of the molecule is CONC(=O)C1CC(=O)N(c2ccc(Cl)cc2)C1. The van der Waals surface area contributed by atoms with Crippen LogP contribution in [0.5, 0.6) is 0 Å². The second-order valence-electron chi connectivity index (χ2n) is 4.05. The Hall–Kier alpha value is -1.59. The smallest absolute Gasteiger partial charge is 0.248 e. The Bertz CT molecular complexity index is 461. The lowest BCUT2D eigenvalue weighted by atomic mass is 10.1. The lowest BCUT2D eigenvalue weighted by molar-refractivity contribution is -0.135. The van der Waals surface area contributed by atoms with E-state index in [9.17, 15) is 9.59 Å². The average molecular weight is 269 g/mol. The topological polar surface area (TPSA) is 58.6 Å². The number of anilines is 1. The van der Waals surface area contributed by atoms with Gasteiger partial charge in [0.1, 0.15) is 0 Å². The summed E-state index contributed by atoms with van der Waals surface area (Å²) in [5.74, 6) is -0.732. The van der Waals surface area contributed by atoms with E-state index in [1.807, 2.05) is 0 Å². The van der Waals surface area contributed by atoms with Gasteiger partial charge in [0.15, 0.2) is 0 Å². The van der Waals surface area contributed by atoms with E-state index < -0.39 is 0 Å². The maximum Gasteiger partial charge on any atom is 0.248 e. The molecule has 18 heavy (non-hydrogen) atoms. The number of nitrogens with one attached hydrogen (secondary N) is 1. The number of hydrogen-bond acceptors (Lipinski definition) is 3. The van der Waals surface area contributed by atoms with Crippen molar-refractivity contribution in [3.8, 4) is 0 Å². The van der Waals surface area contributed by atoms with Gasteiger partial charge in [-0.1, -0.05) is 11.6 Å². The summed E-state index contributed by atoms with van der Waals surface area (Å²) < 4.78 is 0. The van der Waals surface area contributed by atoms with Crippen LogP contribution in [0.1, 0.15) is 6.42 Å². The lowest BCUT2D eigenvalue weighted by Crippen LogP contribution is -2.32. The first kappa shape index (κ1) is 12.9. The van der Waals surface area contributed by atoms with Crippen LogP contribution >= 0.6 is 11.6 Å². The van der Waals surface area contributed by atoms with Gasteiger partial charge in [-0.3, -0.25) is 14.4 Å². The maximum atomic E-state index is 11.9. The van der Waals surface area contributed by atoms with Crippen LogP contribution in [0.3, 0.4) is 0 Å². The first-order valence-electron chi connectivity index (χ1n) is 5.50. The van der Waals surface area contributed by atoms with Crippen LogP contribution in [-0.2, 0) is 14.4 Å². The van der Waals surface area contributed by atoms with E-state index in [0.29, 0.717) is 11.6 Å². The highest BCUT2D eigenvalue weighted by Crippen LogP contribution is 2.26. The zero-order chi connectivity index (χ0) is 13.1. The Kier molecular flexibility index (Phi) is 3.84. The highest BCUT2D eigenvalue weighted by Gasteiger charge is 2.35. The Morgan fingerprint density at radius 3 is 2.72 bits per heavy atom. The Balaban J connectivity index is 2.10. The third-order valence-corrected chi connectivity index (χ3v) is 3.09. The predicted molar refractivity (Wildman–Crippen MR) is 67.1 cm³/mol. The van der Waals surface area contributed by atoms with Gasteiger partial charge in [-0.05, 0) is 24.3 Å². The van der Waals surface area contributed by atoms with Gasteiger partial charge in [-0.15, -0.1) is 0 Å². The summed E-state index contributed by atoms with van der Waals surface area (Å²) in [7, 11) is 1.37. The van der Waals surface area contributed by atoms with Gasteiger partial charge in [0.25, 0.3) is 0 Å². The monoisotopic (exact) mass is 268 g/mol. The fourth-order valence-corrected chi connectivity index (χ4v) is 2.06. The number of amides is 2. The standard InChI is InChI=1S/C12H13ClN2O3/c1-18-14-12(17)8-6-11(16)15(7-8)10-4-2-9(13)3-5-10/h2-5,8H,6-7H2,1H3,(H,14,17). The molecule has 1 aliphatic rings. The molecular formula is C12H13ClN2O3. The number of hydroxylamine groups is 1. The Labute approximate surface area is 110 Å². The summed E-state index contributed by atoms with van der Waals surface area (Å²) in [6.07, 6.45) is 0.192. The molecule has 0 radical (unpaired) electrons. The van der Waals surface area contributed by atoms with Gasteiger partial charge < -0.3 is 4.90 Å². The van der Waals surface area contributed by atoms with E-state index in [1.165, 1.54) is 7.11 Å². The van der Waals surface area contributed by atoms with Crippen LogP contribution < -0.4 is 10.4 Å². The molecule has 1 unspecified atom stereocenters. The molecule has 1 fully saturated rings. The normalized spacial score (nSPS) is 19.1. The largest absolute Gasteiger partial charge is 0.312 e. The lowest BCUT2D eigenvalue weighted by Gasteiger charge is -2.16. The van der Waals surface area contributed by atoms with Gasteiger partial charge in [0, 0.05) is 23.7 Å². The summed E-state index contributed by atoms with van der Waals surface area (Å²) in [5, 5.41) is 0.610. The minimum absolute atomic E-state index is 0.0754. The first-order valence-corrected chi connectivity index (χ1v) is 5.88. The van der Waals surface area contributed by atoms with Crippen molar-refractivity contribution in [2.24, 2.45) is 5.92 Å². The summed E-state index contributed by atoms with van der Waals surface area (Å²) >= 11 is 5.79. The molecule has 0 spiro atoms. The summed E-state index contributed by atoms with van der Waals surface area (Å²) in [6.45, 7) is 0.357. The van der Waals surface area contributed by atoms with Gasteiger partial charge in [0.2, 0.25) is 11.8 Å². The molecule has 96 valence electrons. The van der Waals surface area contributed by atoms with Gasteiger partial charge >= 0.3 is 0 Å². The van der Waals surface area contributed by atoms with E-state index in [-0.39, 0.29) is 24.2 Å². The molecule has 1 saturated heterocycles. The molecule has 0 aromatic heterocycles. The zero-order valence-corrected chi connectivity index (χ0v) is 10.6. The minimum atomic E-state index is -0.381. The highest BCUT2D eigenvalue weighted by molar-refractivity contribution is 6.30. The quantitative estimate of drug-likeness (QED) is 0.843. The maximum absolute atomic E-state index is 11.9. The number of benzene rings is 1. The van der Waals surface area contributed by atoms with Crippen LogP contribution in [0, 0.1) is 5.92 Å². The van der Waals surface area contributed by atoms with E-state index >= 15 is 0 Å². The van der Waals surface area contributed by atoms with Crippen LogP contribution in [0.2, 0.25) is 5.02 Å².